The van der Waals surface area contributed by atoms with Crippen molar-refractivity contribution in [3.05, 3.63) is 23.8 Å². The van der Waals surface area contributed by atoms with Gasteiger partial charge in [-0.05, 0) is 37.5 Å². The normalized spacial score (nSPS) is 21.7. The lowest BCUT2D eigenvalue weighted by Crippen LogP contribution is -2.38. The molecule has 1 heterocycles. The van der Waals surface area contributed by atoms with Crippen LogP contribution in [-0.2, 0) is 0 Å². The summed E-state index contributed by atoms with van der Waals surface area (Å²) in [6.45, 7) is 3.75. The van der Waals surface area contributed by atoms with Gasteiger partial charge in [-0.3, -0.25) is 0 Å². The molecule has 0 amide bonds. The second kappa shape index (κ2) is 4.11. The summed E-state index contributed by atoms with van der Waals surface area (Å²) in [4.78, 5) is 2.18. The molecular formula is C12H18N2O. The van der Waals surface area contributed by atoms with Crippen LogP contribution in [0.1, 0.15) is 18.4 Å². The van der Waals surface area contributed by atoms with Gasteiger partial charge in [-0.25, -0.2) is 0 Å². The van der Waals surface area contributed by atoms with E-state index in [0.717, 1.165) is 30.8 Å². The number of nitrogens with zero attached hydrogens (tertiary/aromatic N) is 1. The Balaban J connectivity index is 2.24. The third kappa shape index (κ3) is 2.23. The molecule has 1 atom stereocenters. The zero-order valence-electron chi connectivity index (χ0n) is 9.11. The number of nitrogens with two attached hydrogens (primary N) is 1. The number of hydrogen-bond acceptors (Lipinski definition) is 3. The van der Waals surface area contributed by atoms with Crippen molar-refractivity contribution in [1.29, 1.82) is 0 Å². The number of anilines is 2. The summed E-state index contributed by atoms with van der Waals surface area (Å²) in [6, 6.07) is 6.04. The van der Waals surface area contributed by atoms with Gasteiger partial charge in [0.15, 0.2) is 0 Å². The molecule has 1 saturated heterocycles. The van der Waals surface area contributed by atoms with E-state index in [1.165, 1.54) is 5.56 Å². The molecule has 0 aromatic heterocycles. The second-order valence-corrected chi connectivity index (χ2v) is 4.30. The highest BCUT2D eigenvalue weighted by molar-refractivity contribution is 5.68. The van der Waals surface area contributed by atoms with Crippen molar-refractivity contribution in [3.63, 3.8) is 0 Å². The Morgan fingerprint density at radius 2 is 2.27 bits per heavy atom. The maximum Gasteiger partial charge on any atom is 0.0715 e. The molecule has 0 radical (unpaired) electrons. The van der Waals surface area contributed by atoms with E-state index in [0.29, 0.717) is 6.54 Å². The Hall–Kier alpha value is -1.22. The first-order chi connectivity index (χ1) is 7.16. The van der Waals surface area contributed by atoms with Crippen LogP contribution in [0.25, 0.3) is 0 Å². The Kier molecular flexibility index (Phi) is 2.82. The van der Waals surface area contributed by atoms with E-state index in [2.05, 4.69) is 17.9 Å². The van der Waals surface area contributed by atoms with Crippen LogP contribution in [0.4, 0.5) is 11.4 Å². The monoisotopic (exact) mass is 206 g/mol. The Morgan fingerprint density at radius 3 is 3.00 bits per heavy atom. The van der Waals surface area contributed by atoms with Crippen LogP contribution in [0.15, 0.2) is 18.2 Å². The highest BCUT2D eigenvalue weighted by Gasteiger charge is 2.19. The standard InChI is InChI=1S/C12H18N2O/c1-9-4-5-11(13)12(7-9)14-6-2-3-10(15)8-14/h4-5,7,10,15H,2-3,6,8,13H2,1H3. The van der Waals surface area contributed by atoms with Gasteiger partial charge in [0.1, 0.15) is 0 Å². The molecule has 1 aliphatic heterocycles. The minimum Gasteiger partial charge on any atom is -0.397 e. The third-order valence-corrected chi connectivity index (χ3v) is 2.92. The predicted molar refractivity (Wildman–Crippen MR) is 63.0 cm³/mol. The lowest BCUT2D eigenvalue weighted by atomic mass is 10.1. The number of β-amino-alcohol motifs (C(OH)–C–C–N with tert-alkyl or cyclic N) is 1. The molecule has 1 unspecified atom stereocenters. The largest absolute Gasteiger partial charge is 0.397 e. The summed E-state index contributed by atoms with van der Waals surface area (Å²) in [5, 5.41) is 9.62. The number of aliphatic hydroxyl groups excluding tert-OH is 1. The molecule has 0 bridgehead atoms. The zero-order valence-corrected chi connectivity index (χ0v) is 9.11. The number of hydrogen-bond donors (Lipinski definition) is 2. The fourth-order valence-electron chi connectivity index (χ4n) is 2.10. The van der Waals surface area contributed by atoms with Gasteiger partial charge in [0.05, 0.1) is 17.5 Å². The first-order valence-corrected chi connectivity index (χ1v) is 5.46. The molecule has 0 aliphatic carbocycles. The van der Waals surface area contributed by atoms with Crippen molar-refractivity contribution in [3.8, 4) is 0 Å². The van der Waals surface area contributed by atoms with E-state index in [-0.39, 0.29) is 6.10 Å². The van der Waals surface area contributed by atoms with E-state index in [9.17, 15) is 5.11 Å². The van der Waals surface area contributed by atoms with Crippen molar-refractivity contribution in [2.75, 3.05) is 23.7 Å². The molecule has 1 aliphatic rings. The van der Waals surface area contributed by atoms with Gasteiger partial charge in [-0.2, -0.15) is 0 Å². The maximum atomic E-state index is 9.62. The van der Waals surface area contributed by atoms with E-state index < -0.39 is 0 Å². The number of benzene rings is 1. The molecule has 1 aromatic rings. The number of rotatable bonds is 1. The minimum absolute atomic E-state index is 0.210. The Bertz CT molecular complexity index is 351. The van der Waals surface area contributed by atoms with Crippen LogP contribution < -0.4 is 10.6 Å². The predicted octanol–water partition coefficient (Wildman–Crippen LogP) is 1.54. The minimum atomic E-state index is -0.210. The highest BCUT2D eigenvalue weighted by atomic mass is 16.3. The van der Waals surface area contributed by atoms with Crippen molar-refractivity contribution in [2.24, 2.45) is 0 Å². The summed E-state index contributed by atoms with van der Waals surface area (Å²) >= 11 is 0. The molecule has 0 saturated carbocycles. The molecule has 0 spiro atoms. The van der Waals surface area contributed by atoms with Gasteiger partial charge < -0.3 is 15.7 Å². The molecule has 3 nitrogen and oxygen atoms in total. The lowest BCUT2D eigenvalue weighted by molar-refractivity contribution is 0.154. The fraction of sp³-hybridized carbons (Fsp3) is 0.500. The summed E-state index contributed by atoms with van der Waals surface area (Å²) in [5.74, 6) is 0. The fourth-order valence-corrected chi connectivity index (χ4v) is 2.10. The van der Waals surface area contributed by atoms with E-state index >= 15 is 0 Å². The molecule has 82 valence electrons. The van der Waals surface area contributed by atoms with Crippen LogP contribution in [0.2, 0.25) is 0 Å². The van der Waals surface area contributed by atoms with E-state index in [1.807, 2.05) is 12.1 Å². The van der Waals surface area contributed by atoms with Crippen molar-refractivity contribution < 1.29 is 5.11 Å². The van der Waals surface area contributed by atoms with Crippen molar-refractivity contribution in [2.45, 2.75) is 25.9 Å². The van der Waals surface area contributed by atoms with Gasteiger partial charge in [0.25, 0.3) is 0 Å². The highest BCUT2D eigenvalue weighted by Crippen LogP contribution is 2.27. The number of nitrogen functional groups attached to an aromatic ring is 1. The van der Waals surface area contributed by atoms with Crippen LogP contribution in [-0.4, -0.2) is 24.3 Å². The average Bonchev–Trinajstić information content (AvgIpc) is 2.22. The molecule has 15 heavy (non-hydrogen) atoms. The first kappa shape index (κ1) is 10.3. The van der Waals surface area contributed by atoms with E-state index in [4.69, 9.17) is 5.73 Å². The molecule has 1 aromatic carbocycles. The van der Waals surface area contributed by atoms with Gasteiger partial charge >= 0.3 is 0 Å². The third-order valence-electron chi connectivity index (χ3n) is 2.92. The number of aliphatic hydroxyl groups is 1. The molecule has 3 heteroatoms. The SMILES string of the molecule is Cc1ccc(N)c(N2CCCC(O)C2)c1. The lowest BCUT2D eigenvalue weighted by Gasteiger charge is -2.32. The first-order valence-electron chi connectivity index (χ1n) is 5.46. The van der Waals surface area contributed by atoms with E-state index in [1.54, 1.807) is 0 Å². The smallest absolute Gasteiger partial charge is 0.0715 e. The van der Waals surface area contributed by atoms with Crippen molar-refractivity contribution in [1.82, 2.24) is 0 Å². The zero-order chi connectivity index (χ0) is 10.8. The Labute approximate surface area is 90.5 Å². The van der Waals surface area contributed by atoms with Crippen LogP contribution in [0, 0.1) is 6.92 Å². The summed E-state index contributed by atoms with van der Waals surface area (Å²) in [6.07, 6.45) is 1.73. The molecule has 2 rings (SSSR count). The maximum absolute atomic E-state index is 9.62. The number of piperidine rings is 1. The van der Waals surface area contributed by atoms with Crippen molar-refractivity contribution >= 4 is 11.4 Å². The molecular weight excluding hydrogens is 188 g/mol. The second-order valence-electron chi connectivity index (χ2n) is 4.30. The molecule has 1 fully saturated rings. The van der Waals surface area contributed by atoms with Crippen LogP contribution in [0.3, 0.4) is 0 Å². The molecule has 3 N–H and O–H groups in total. The van der Waals surface area contributed by atoms with Gasteiger partial charge in [-0.1, -0.05) is 6.07 Å². The van der Waals surface area contributed by atoms with Gasteiger partial charge in [-0.15, -0.1) is 0 Å². The number of aryl methyl sites for hydroxylation is 1. The van der Waals surface area contributed by atoms with Crippen LogP contribution >= 0.6 is 0 Å². The summed E-state index contributed by atoms with van der Waals surface area (Å²) < 4.78 is 0. The topological polar surface area (TPSA) is 49.5 Å². The average molecular weight is 206 g/mol. The Morgan fingerprint density at radius 1 is 1.47 bits per heavy atom. The summed E-state index contributed by atoms with van der Waals surface area (Å²) in [7, 11) is 0. The summed E-state index contributed by atoms with van der Waals surface area (Å²) in [5.41, 5.74) is 9.01. The van der Waals surface area contributed by atoms with Crippen LogP contribution in [0.5, 0.6) is 0 Å². The van der Waals surface area contributed by atoms with Gasteiger partial charge in [0, 0.05) is 13.1 Å². The quantitative estimate of drug-likeness (QED) is 0.685. The van der Waals surface area contributed by atoms with Gasteiger partial charge in [0.2, 0.25) is 0 Å².